The minimum absolute atomic E-state index is 0.153. The zero-order chi connectivity index (χ0) is 93.1. The van der Waals surface area contributed by atoms with Gasteiger partial charge in [-0.2, -0.15) is 0 Å². The quantitative estimate of drug-likeness (QED) is 0.121. The van der Waals surface area contributed by atoms with Gasteiger partial charge in [-0.25, -0.2) is 0 Å². The summed E-state index contributed by atoms with van der Waals surface area (Å²) in [7, 11) is 0. The summed E-state index contributed by atoms with van der Waals surface area (Å²) >= 11 is 0. The Hall–Kier alpha value is -17.4. The van der Waals surface area contributed by atoms with Gasteiger partial charge in [0.1, 0.15) is 0 Å². The molecule has 660 valence electrons. The first-order valence-corrected chi connectivity index (χ1v) is 49.0. The van der Waals surface area contributed by atoms with E-state index in [4.69, 9.17) is 0 Å². The summed E-state index contributed by atoms with van der Waals surface area (Å²) in [6.45, 7) is 9.50. The molecule has 0 fully saturated rings. The average molecular weight is 1790 g/mol. The summed E-state index contributed by atoms with van der Waals surface area (Å²) in [6, 6.07) is 190. The Kier molecular flexibility index (Phi) is 18.8. The third-order valence-corrected chi connectivity index (χ3v) is 31.3. The van der Waals surface area contributed by atoms with Gasteiger partial charge in [-0.05, 0) is 305 Å². The van der Waals surface area contributed by atoms with Crippen molar-refractivity contribution < 1.29 is 0 Å². The van der Waals surface area contributed by atoms with Crippen LogP contribution in [0.15, 0.2) is 510 Å². The van der Waals surface area contributed by atoms with Crippen molar-refractivity contribution in [1.82, 2.24) is 0 Å². The fourth-order valence-corrected chi connectivity index (χ4v) is 24.9. The topological polar surface area (TPSA) is 13.0 Å². The summed E-state index contributed by atoms with van der Waals surface area (Å²) < 4.78 is 0. The molecule has 0 atom stereocenters. The van der Waals surface area contributed by atoms with E-state index in [0.717, 1.165) is 45.5 Å². The Labute approximate surface area is 818 Å². The minimum Gasteiger partial charge on any atom is -0.310 e. The van der Waals surface area contributed by atoms with Crippen LogP contribution in [0.2, 0.25) is 0 Å². The number of fused-ring (bicyclic) bond motifs is 26. The van der Waals surface area contributed by atoms with E-state index in [0.29, 0.717) is 0 Å². The minimum atomic E-state index is -0.574. The van der Waals surface area contributed by atoms with Gasteiger partial charge in [0, 0.05) is 56.3 Å². The van der Waals surface area contributed by atoms with Gasteiger partial charge in [0.15, 0.2) is 0 Å². The Morgan fingerprint density at radius 3 is 0.829 bits per heavy atom. The lowest BCUT2D eigenvalue weighted by Crippen LogP contribution is -2.36. The van der Waals surface area contributed by atoms with Crippen molar-refractivity contribution in [1.29, 1.82) is 0 Å². The summed E-state index contributed by atoms with van der Waals surface area (Å²) in [4.78, 5) is 9.88. The highest BCUT2D eigenvalue weighted by molar-refractivity contribution is 6.03. The van der Waals surface area contributed by atoms with Crippen LogP contribution in [0, 0.1) is 0 Å². The molecule has 0 radical (unpaired) electrons. The molecule has 0 saturated heterocycles. The second-order valence-electron chi connectivity index (χ2n) is 39.3. The number of benzene rings is 22. The first-order valence-electron chi connectivity index (χ1n) is 49.0. The molecule has 0 N–H and O–H groups in total. The van der Waals surface area contributed by atoms with Crippen molar-refractivity contribution in [2.24, 2.45) is 0 Å². The van der Waals surface area contributed by atoms with Crippen LogP contribution in [-0.4, -0.2) is 0 Å². The second kappa shape index (κ2) is 32.1. The predicted molar refractivity (Wildman–Crippen MR) is 585 cm³/mol. The number of anilines is 12. The van der Waals surface area contributed by atoms with Crippen molar-refractivity contribution >= 4 is 89.8 Å². The lowest BCUT2D eigenvalue weighted by molar-refractivity contribution is 0.660. The second-order valence-corrected chi connectivity index (χ2v) is 39.3. The number of para-hydroxylation sites is 6. The summed E-state index contributed by atoms with van der Waals surface area (Å²) in [5.41, 5.74) is 48.1. The van der Waals surface area contributed by atoms with Crippen LogP contribution in [-0.2, 0) is 21.7 Å². The molecule has 22 aromatic rings. The third kappa shape index (κ3) is 12.5. The van der Waals surface area contributed by atoms with E-state index in [-0.39, 0.29) is 10.8 Å². The van der Waals surface area contributed by atoms with Gasteiger partial charge < -0.3 is 19.6 Å². The molecule has 0 bridgehead atoms. The van der Waals surface area contributed by atoms with Crippen molar-refractivity contribution in [3.05, 3.63) is 576 Å². The highest BCUT2D eigenvalue weighted by atomic mass is 15.2. The number of nitrogens with zero attached hydrogens (tertiary/aromatic N) is 4. The van der Waals surface area contributed by atoms with E-state index >= 15 is 0 Å². The first-order chi connectivity index (χ1) is 68.9. The van der Waals surface area contributed by atoms with Crippen LogP contribution in [0.25, 0.3) is 111 Å². The van der Waals surface area contributed by atoms with Crippen LogP contribution in [0.3, 0.4) is 0 Å². The van der Waals surface area contributed by atoms with Crippen molar-refractivity contribution in [3.63, 3.8) is 0 Å². The molecule has 2 heterocycles. The van der Waals surface area contributed by atoms with Crippen molar-refractivity contribution in [2.75, 3.05) is 19.6 Å². The smallest absolute Gasteiger partial charge is 0.0755 e. The van der Waals surface area contributed by atoms with Crippen LogP contribution in [0.1, 0.15) is 94.5 Å². The molecule has 2 aliphatic heterocycles. The van der Waals surface area contributed by atoms with Gasteiger partial charge in [0.05, 0.1) is 33.6 Å². The van der Waals surface area contributed by atoms with Gasteiger partial charge in [-0.1, -0.05) is 410 Å². The standard InChI is InChI=1S/2C68H48N2/c1-67(2)59-25-10-8-22-55(59)57-41-39-51(43-63(57)67)69(50-37-35-46(36-38-50)45-31-33-48(34-32-45)54-24-16-18-47-17-6-7-21-53(47)54)52-40-42-58-56-23-9-11-26-60(56)68(64(58)44-52)61-27-12-14-29-65(61)70(49-19-4-3-5-20-49)66-30-15-13-28-62(66)68;1-67(2)59-22-10-8-20-55(59)57-40-38-53(43-63(57)67)69(52-36-34-47(35-37-52)46-28-30-48(31-29-46)50-33-32-45-16-6-7-17-49(45)42-50)54-39-41-58-56-21-9-11-23-60(56)68(64(58)44-54)61-24-12-14-26-65(61)70(51-18-4-3-5-19-51)66-27-15-13-25-62(66)68/h2*3-44H,1-2H3. The van der Waals surface area contributed by atoms with Crippen LogP contribution in [0.4, 0.5) is 68.2 Å². The highest BCUT2D eigenvalue weighted by Crippen LogP contribution is 2.67. The summed E-state index contributed by atoms with van der Waals surface area (Å²) in [5.74, 6) is 0. The molecule has 4 aliphatic carbocycles. The molecule has 22 aromatic carbocycles. The first kappa shape index (κ1) is 82.1. The van der Waals surface area contributed by atoms with E-state index in [1.54, 1.807) is 0 Å². The molecular formula is C136H96N4. The largest absolute Gasteiger partial charge is 0.310 e. The lowest BCUT2D eigenvalue weighted by atomic mass is 9.64. The molecule has 4 heteroatoms. The molecule has 140 heavy (non-hydrogen) atoms. The van der Waals surface area contributed by atoms with E-state index < -0.39 is 10.8 Å². The van der Waals surface area contributed by atoms with Gasteiger partial charge in [0.2, 0.25) is 0 Å². The van der Waals surface area contributed by atoms with Gasteiger partial charge in [-0.3, -0.25) is 0 Å². The fourth-order valence-electron chi connectivity index (χ4n) is 24.9. The number of hydrogen-bond acceptors (Lipinski definition) is 4. The summed E-state index contributed by atoms with van der Waals surface area (Å²) in [5, 5.41) is 5.04. The lowest BCUT2D eigenvalue weighted by Gasteiger charge is -2.45. The molecule has 0 unspecified atom stereocenters. The maximum Gasteiger partial charge on any atom is 0.0755 e. The van der Waals surface area contributed by atoms with Gasteiger partial charge in [0.25, 0.3) is 0 Å². The molecule has 2 spiro atoms. The Bertz CT molecular complexity index is 8640. The van der Waals surface area contributed by atoms with Gasteiger partial charge >= 0.3 is 0 Å². The molecular weight excluding hydrogens is 1690 g/mol. The normalized spacial score (nSPS) is 14.1. The van der Waals surface area contributed by atoms with Gasteiger partial charge in [-0.15, -0.1) is 0 Å². The SMILES string of the molecule is CC1(C)c2ccccc2-c2ccc(N(c3ccc(-c4ccc(-c5ccc6ccccc6c5)cc4)cc3)c3ccc4c(c3)C3(c5ccccc5-4)c4ccccc4N(c4ccccc4)c4ccccc43)cc21.CC1(C)c2ccccc2-c2ccc(N(c3ccc(-c4ccc(-c5cccc6ccccc56)cc4)cc3)c3ccc4c(c3)C3(c5ccccc5-4)c4ccccc4N(c4ccccc4)c4ccccc43)cc21. The molecule has 0 aromatic heterocycles. The zero-order valence-corrected chi connectivity index (χ0v) is 78.3. The average Bonchev–Trinajstić information content (AvgIpc) is 1.47. The third-order valence-electron chi connectivity index (χ3n) is 31.3. The van der Waals surface area contributed by atoms with Crippen LogP contribution >= 0.6 is 0 Å². The Morgan fingerprint density at radius 2 is 0.421 bits per heavy atom. The van der Waals surface area contributed by atoms with Crippen LogP contribution in [0.5, 0.6) is 0 Å². The van der Waals surface area contributed by atoms with E-state index in [1.807, 2.05) is 0 Å². The number of hydrogen-bond donors (Lipinski definition) is 0. The molecule has 4 nitrogen and oxygen atoms in total. The number of rotatable bonds is 12. The highest BCUT2D eigenvalue weighted by Gasteiger charge is 2.54. The summed E-state index contributed by atoms with van der Waals surface area (Å²) in [6.07, 6.45) is 0. The van der Waals surface area contributed by atoms with Crippen molar-refractivity contribution in [2.45, 2.75) is 49.4 Å². The Morgan fingerprint density at radius 1 is 0.157 bits per heavy atom. The molecule has 28 rings (SSSR count). The Balaban J connectivity index is 0.000000141. The van der Waals surface area contributed by atoms with E-state index in [1.165, 1.54) is 200 Å². The zero-order valence-electron chi connectivity index (χ0n) is 78.3. The predicted octanol–water partition coefficient (Wildman–Crippen LogP) is 36.2. The van der Waals surface area contributed by atoms with E-state index in [2.05, 4.69) is 557 Å². The maximum atomic E-state index is 2.51. The van der Waals surface area contributed by atoms with Crippen LogP contribution < -0.4 is 19.6 Å². The van der Waals surface area contributed by atoms with E-state index in [9.17, 15) is 0 Å². The molecule has 0 amide bonds. The fraction of sp³-hybridized carbons (Fsp3) is 0.0588. The monoisotopic (exact) mass is 1780 g/mol. The molecule has 0 saturated carbocycles. The maximum absolute atomic E-state index is 2.51. The van der Waals surface area contributed by atoms with Crippen molar-refractivity contribution in [3.8, 4) is 89.0 Å². The molecule has 6 aliphatic rings.